The van der Waals surface area contributed by atoms with E-state index >= 15 is 0 Å². The Morgan fingerprint density at radius 2 is 1.80 bits per heavy atom. The quantitative estimate of drug-likeness (QED) is 0.739. The molecule has 2 aromatic carbocycles. The van der Waals surface area contributed by atoms with E-state index in [2.05, 4.69) is 43.5 Å². The second-order valence-electron chi connectivity index (χ2n) is 8.32. The van der Waals surface area contributed by atoms with Crippen LogP contribution in [-0.2, 0) is 17.8 Å². The summed E-state index contributed by atoms with van der Waals surface area (Å²) in [6, 6.07) is 9.19. The van der Waals surface area contributed by atoms with Gasteiger partial charge in [0.05, 0.1) is 6.10 Å². The van der Waals surface area contributed by atoms with E-state index in [1.54, 1.807) is 0 Å². The fraction of sp³-hybridized carbons (Fsp3) is 0.417. The van der Waals surface area contributed by atoms with Crippen molar-refractivity contribution in [2.45, 2.75) is 59.3 Å². The Kier molecular flexibility index (Phi) is 5.41. The highest BCUT2D eigenvalue weighted by Crippen LogP contribution is 2.43. The first-order chi connectivity index (χ1) is 14.3. The van der Waals surface area contributed by atoms with Gasteiger partial charge in [0.25, 0.3) is 5.91 Å². The molecule has 3 amide bonds. The van der Waals surface area contributed by atoms with Crippen LogP contribution in [0.4, 0.5) is 4.79 Å². The van der Waals surface area contributed by atoms with Crippen molar-refractivity contribution in [3.05, 3.63) is 58.1 Å². The van der Waals surface area contributed by atoms with Gasteiger partial charge in [0.1, 0.15) is 24.1 Å². The number of hydrogen-bond donors (Lipinski definition) is 2. The Morgan fingerprint density at radius 3 is 2.47 bits per heavy atom. The number of hydrogen-bond acceptors (Lipinski definition) is 4. The van der Waals surface area contributed by atoms with E-state index in [-0.39, 0.29) is 17.9 Å². The molecular formula is C24H28N2O4. The summed E-state index contributed by atoms with van der Waals surface area (Å²) < 4.78 is 12.6. The van der Waals surface area contributed by atoms with Gasteiger partial charge in [-0.15, -0.1) is 0 Å². The molecule has 1 saturated heterocycles. The van der Waals surface area contributed by atoms with Crippen molar-refractivity contribution in [1.29, 1.82) is 0 Å². The number of rotatable bonds is 5. The highest BCUT2D eigenvalue weighted by molar-refractivity contribution is 6.04. The van der Waals surface area contributed by atoms with Crippen LogP contribution in [-0.4, -0.2) is 24.1 Å². The highest BCUT2D eigenvalue weighted by atomic mass is 16.5. The smallest absolute Gasteiger partial charge is 0.322 e. The van der Waals surface area contributed by atoms with Gasteiger partial charge in [0.15, 0.2) is 0 Å². The van der Waals surface area contributed by atoms with Crippen LogP contribution in [0.3, 0.4) is 0 Å². The first kappa shape index (κ1) is 20.3. The standard InChI is InChI=1S/C24H28N2O4/c1-13-14(2)22-19(15(3)21(13)29-12-17-8-6-5-7-9-17)10-18(16(4)30-22)11-20-23(27)26-24(28)25-20/h5-9,16,18,20H,10-12H2,1-4H3,(H2,25,26,27,28). The summed E-state index contributed by atoms with van der Waals surface area (Å²) in [5, 5.41) is 5.01. The molecule has 4 rings (SSSR count). The maximum absolute atomic E-state index is 12.0. The normalized spacial score (nSPS) is 22.7. The third-order valence-corrected chi connectivity index (χ3v) is 6.37. The Hall–Kier alpha value is -3.02. The second kappa shape index (κ2) is 8.01. The van der Waals surface area contributed by atoms with E-state index < -0.39 is 12.1 Å². The lowest BCUT2D eigenvalue weighted by molar-refractivity contribution is -0.120. The molecule has 30 heavy (non-hydrogen) atoms. The number of urea groups is 1. The zero-order valence-corrected chi connectivity index (χ0v) is 17.9. The van der Waals surface area contributed by atoms with Crippen LogP contribution in [0.2, 0.25) is 0 Å². The summed E-state index contributed by atoms with van der Waals surface area (Å²) in [6.07, 6.45) is 1.28. The highest BCUT2D eigenvalue weighted by Gasteiger charge is 2.37. The average Bonchev–Trinajstić information content (AvgIpc) is 3.05. The molecule has 0 bridgehead atoms. The van der Waals surface area contributed by atoms with Crippen molar-refractivity contribution in [2.24, 2.45) is 5.92 Å². The lowest BCUT2D eigenvalue weighted by Crippen LogP contribution is -2.39. The van der Waals surface area contributed by atoms with Gasteiger partial charge in [-0.2, -0.15) is 0 Å². The van der Waals surface area contributed by atoms with E-state index in [1.165, 1.54) is 0 Å². The van der Waals surface area contributed by atoms with E-state index in [1.807, 2.05) is 25.1 Å². The summed E-state index contributed by atoms with van der Waals surface area (Å²) in [6.45, 7) is 8.76. The number of nitrogens with one attached hydrogen (secondary N) is 2. The van der Waals surface area contributed by atoms with E-state index in [9.17, 15) is 9.59 Å². The number of fused-ring (bicyclic) bond motifs is 1. The van der Waals surface area contributed by atoms with E-state index in [0.717, 1.165) is 45.7 Å². The van der Waals surface area contributed by atoms with Crippen molar-refractivity contribution in [3.63, 3.8) is 0 Å². The average molecular weight is 408 g/mol. The van der Waals surface area contributed by atoms with Crippen LogP contribution < -0.4 is 20.1 Å². The van der Waals surface area contributed by atoms with Gasteiger partial charge in [-0.25, -0.2) is 4.79 Å². The van der Waals surface area contributed by atoms with Crippen LogP contribution in [0, 0.1) is 26.7 Å². The van der Waals surface area contributed by atoms with Crippen LogP contribution in [0.15, 0.2) is 30.3 Å². The lowest BCUT2D eigenvalue weighted by atomic mass is 9.82. The Balaban J connectivity index is 1.59. The second-order valence-corrected chi connectivity index (χ2v) is 8.32. The molecule has 1 fully saturated rings. The summed E-state index contributed by atoms with van der Waals surface area (Å²) in [5.74, 6) is 1.69. The molecule has 2 aliphatic heterocycles. The topological polar surface area (TPSA) is 76.7 Å². The zero-order chi connectivity index (χ0) is 21.4. The number of imide groups is 1. The summed E-state index contributed by atoms with van der Waals surface area (Å²) in [7, 11) is 0. The summed E-state index contributed by atoms with van der Waals surface area (Å²) in [4.78, 5) is 23.5. The molecule has 0 spiro atoms. The first-order valence-corrected chi connectivity index (χ1v) is 10.4. The predicted molar refractivity (Wildman–Crippen MR) is 114 cm³/mol. The molecular weight excluding hydrogens is 380 g/mol. The molecule has 2 heterocycles. The Bertz CT molecular complexity index is 987. The maximum atomic E-state index is 12.0. The van der Waals surface area contributed by atoms with Crippen molar-refractivity contribution < 1.29 is 19.1 Å². The molecule has 158 valence electrons. The van der Waals surface area contributed by atoms with E-state index in [4.69, 9.17) is 9.47 Å². The van der Waals surface area contributed by atoms with Gasteiger partial charge < -0.3 is 14.8 Å². The third kappa shape index (κ3) is 3.74. The number of carbonyl (C=O) groups excluding carboxylic acids is 2. The third-order valence-electron chi connectivity index (χ3n) is 6.37. The molecule has 3 unspecified atom stereocenters. The molecule has 0 radical (unpaired) electrons. The molecule has 6 heteroatoms. The lowest BCUT2D eigenvalue weighted by Gasteiger charge is -2.35. The SMILES string of the molecule is Cc1c(C)c2c(c(C)c1OCc1ccccc1)CC(CC1NC(=O)NC1=O)C(C)O2. The molecule has 0 aromatic heterocycles. The van der Waals surface area contributed by atoms with Crippen molar-refractivity contribution >= 4 is 11.9 Å². The van der Waals surface area contributed by atoms with Gasteiger partial charge in [-0.1, -0.05) is 30.3 Å². The molecule has 0 saturated carbocycles. The van der Waals surface area contributed by atoms with Crippen molar-refractivity contribution in [1.82, 2.24) is 10.6 Å². The minimum absolute atomic E-state index is 0.0450. The van der Waals surface area contributed by atoms with Crippen LogP contribution in [0.1, 0.15) is 41.2 Å². The fourth-order valence-corrected chi connectivity index (χ4v) is 4.42. The van der Waals surface area contributed by atoms with Gasteiger partial charge in [-0.3, -0.25) is 10.1 Å². The summed E-state index contributed by atoms with van der Waals surface area (Å²) in [5.41, 5.74) is 5.53. The summed E-state index contributed by atoms with van der Waals surface area (Å²) >= 11 is 0. The van der Waals surface area contributed by atoms with Crippen molar-refractivity contribution in [2.75, 3.05) is 0 Å². The fourth-order valence-electron chi connectivity index (χ4n) is 4.42. The molecule has 2 aromatic rings. The van der Waals surface area contributed by atoms with Gasteiger partial charge >= 0.3 is 6.03 Å². The van der Waals surface area contributed by atoms with Crippen LogP contribution in [0.25, 0.3) is 0 Å². The Morgan fingerprint density at radius 1 is 1.07 bits per heavy atom. The molecule has 2 aliphatic rings. The number of benzene rings is 2. The minimum Gasteiger partial charge on any atom is -0.490 e. The van der Waals surface area contributed by atoms with Crippen LogP contribution in [0.5, 0.6) is 11.5 Å². The van der Waals surface area contributed by atoms with E-state index in [0.29, 0.717) is 13.0 Å². The van der Waals surface area contributed by atoms with Gasteiger partial charge in [0.2, 0.25) is 0 Å². The number of ether oxygens (including phenoxy) is 2. The molecule has 0 aliphatic carbocycles. The molecule has 6 nitrogen and oxygen atoms in total. The maximum Gasteiger partial charge on any atom is 0.322 e. The molecule has 3 atom stereocenters. The van der Waals surface area contributed by atoms with Gasteiger partial charge in [0, 0.05) is 11.5 Å². The number of amides is 3. The minimum atomic E-state index is -0.504. The molecule has 2 N–H and O–H groups in total. The largest absolute Gasteiger partial charge is 0.490 e. The van der Waals surface area contributed by atoms with Crippen molar-refractivity contribution in [3.8, 4) is 11.5 Å². The first-order valence-electron chi connectivity index (χ1n) is 10.4. The number of carbonyl (C=O) groups is 2. The Labute approximate surface area is 177 Å². The van der Waals surface area contributed by atoms with Gasteiger partial charge in [-0.05, 0) is 62.8 Å². The monoisotopic (exact) mass is 408 g/mol. The van der Waals surface area contributed by atoms with Crippen LogP contribution >= 0.6 is 0 Å². The predicted octanol–water partition coefficient (Wildman–Crippen LogP) is 3.73. The zero-order valence-electron chi connectivity index (χ0n) is 17.9.